The van der Waals surface area contributed by atoms with E-state index in [0.717, 1.165) is 5.56 Å². The fourth-order valence-corrected chi connectivity index (χ4v) is 3.37. The molecule has 2 aromatic carbocycles. The summed E-state index contributed by atoms with van der Waals surface area (Å²) in [6.45, 7) is 8.05. The minimum absolute atomic E-state index is 0.0539. The SMILES string of the molecule is CCn1nc(C(=O)NNC(=O)COc2ccc(C(C)C)c(C)c2)c2ccccc2c1=O. The number of aryl methyl sites for hydroxylation is 2. The second-order valence-electron chi connectivity index (χ2n) is 7.48. The van der Waals surface area contributed by atoms with Crippen LogP contribution in [0.2, 0.25) is 0 Å². The normalized spacial score (nSPS) is 10.9. The second-order valence-corrected chi connectivity index (χ2v) is 7.48. The first-order valence-electron chi connectivity index (χ1n) is 10.1. The average molecular weight is 422 g/mol. The van der Waals surface area contributed by atoms with Crippen LogP contribution in [0.25, 0.3) is 10.8 Å². The largest absolute Gasteiger partial charge is 0.484 e. The Balaban J connectivity index is 1.65. The number of hydrazine groups is 1. The maximum Gasteiger partial charge on any atom is 0.290 e. The molecule has 31 heavy (non-hydrogen) atoms. The van der Waals surface area contributed by atoms with Crippen LogP contribution < -0.4 is 21.1 Å². The number of aromatic nitrogens is 2. The number of benzene rings is 2. The van der Waals surface area contributed by atoms with Crippen molar-refractivity contribution < 1.29 is 14.3 Å². The van der Waals surface area contributed by atoms with Gasteiger partial charge in [-0.15, -0.1) is 0 Å². The number of carbonyl (C=O) groups is 2. The van der Waals surface area contributed by atoms with Crippen molar-refractivity contribution in [2.24, 2.45) is 0 Å². The molecule has 3 rings (SSSR count). The number of nitrogens with one attached hydrogen (secondary N) is 2. The van der Waals surface area contributed by atoms with E-state index in [2.05, 4.69) is 29.8 Å². The van der Waals surface area contributed by atoms with E-state index >= 15 is 0 Å². The van der Waals surface area contributed by atoms with Gasteiger partial charge in [0.15, 0.2) is 12.3 Å². The highest BCUT2D eigenvalue weighted by Gasteiger charge is 2.17. The van der Waals surface area contributed by atoms with Crippen LogP contribution >= 0.6 is 0 Å². The summed E-state index contributed by atoms with van der Waals surface area (Å²) in [6, 6.07) is 12.4. The number of hydrogen-bond acceptors (Lipinski definition) is 5. The van der Waals surface area contributed by atoms with E-state index in [0.29, 0.717) is 29.0 Å². The van der Waals surface area contributed by atoms with Crippen molar-refractivity contribution in [2.45, 2.75) is 40.2 Å². The van der Waals surface area contributed by atoms with Gasteiger partial charge >= 0.3 is 0 Å². The topological polar surface area (TPSA) is 102 Å². The van der Waals surface area contributed by atoms with Gasteiger partial charge in [-0.1, -0.05) is 38.1 Å². The Kier molecular flexibility index (Phi) is 6.69. The molecular formula is C23H26N4O4. The average Bonchev–Trinajstić information content (AvgIpc) is 2.76. The molecule has 0 atom stereocenters. The molecule has 0 bridgehead atoms. The van der Waals surface area contributed by atoms with E-state index in [1.807, 2.05) is 25.1 Å². The third kappa shape index (κ3) is 4.91. The van der Waals surface area contributed by atoms with E-state index in [1.54, 1.807) is 31.2 Å². The fraction of sp³-hybridized carbons (Fsp3) is 0.304. The first kappa shape index (κ1) is 22.0. The van der Waals surface area contributed by atoms with Gasteiger partial charge in [-0.3, -0.25) is 25.2 Å². The summed E-state index contributed by atoms with van der Waals surface area (Å²) in [5.74, 6) is -0.165. The zero-order chi connectivity index (χ0) is 22.5. The molecule has 2 N–H and O–H groups in total. The molecule has 1 heterocycles. The van der Waals surface area contributed by atoms with Crippen LogP contribution in [0.1, 0.15) is 48.3 Å². The summed E-state index contributed by atoms with van der Waals surface area (Å²) in [4.78, 5) is 37.1. The van der Waals surface area contributed by atoms with Crippen molar-refractivity contribution in [1.29, 1.82) is 0 Å². The molecule has 8 heteroatoms. The minimum Gasteiger partial charge on any atom is -0.484 e. The molecule has 0 aliphatic carbocycles. The van der Waals surface area contributed by atoms with Gasteiger partial charge in [0.1, 0.15) is 5.75 Å². The molecule has 3 aromatic rings. The molecule has 0 radical (unpaired) electrons. The molecule has 0 spiro atoms. The smallest absolute Gasteiger partial charge is 0.290 e. The van der Waals surface area contributed by atoms with Crippen LogP contribution in [0, 0.1) is 6.92 Å². The van der Waals surface area contributed by atoms with Gasteiger partial charge in [-0.25, -0.2) is 4.68 Å². The number of ether oxygens (including phenoxy) is 1. The van der Waals surface area contributed by atoms with E-state index in [-0.39, 0.29) is 17.9 Å². The van der Waals surface area contributed by atoms with E-state index in [1.165, 1.54) is 10.2 Å². The Morgan fingerprint density at radius 1 is 1.10 bits per heavy atom. The van der Waals surface area contributed by atoms with Gasteiger partial charge < -0.3 is 4.74 Å². The zero-order valence-corrected chi connectivity index (χ0v) is 18.1. The van der Waals surface area contributed by atoms with E-state index in [9.17, 15) is 14.4 Å². The Morgan fingerprint density at radius 2 is 1.81 bits per heavy atom. The van der Waals surface area contributed by atoms with Gasteiger partial charge in [-0.2, -0.15) is 5.10 Å². The molecule has 162 valence electrons. The highest BCUT2D eigenvalue weighted by Crippen LogP contribution is 2.23. The molecule has 0 saturated carbocycles. The zero-order valence-electron chi connectivity index (χ0n) is 18.1. The Morgan fingerprint density at radius 3 is 2.45 bits per heavy atom. The van der Waals surface area contributed by atoms with Gasteiger partial charge in [0.05, 0.1) is 5.39 Å². The molecule has 0 unspecified atom stereocenters. The van der Waals surface area contributed by atoms with Crippen molar-refractivity contribution in [2.75, 3.05) is 6.61 Å². The molecule has 8 nitrogen and oxygen atoms in total. The predicted molar refractivity (Wildman–Crippen MR) is 118 cm³/mol. The third-order valence-corrected chi connectivity index (χ3v) is 4.93. The number of hydrogen-bond donors (Lipinski definition) is 2. The molecule has 0 saturated heterocycles. The fourth-order valence-electron chi connectivity index (χ4n) is 3.37. The Labute approximate surface area is 180 Å². The van der Waals surface area contributed by atoms with E-state index in [4.69, 9.17) is 4.74 Å². The first-order valence-corrected chi connectivity index (χ1v) is 10.1. The highest BCUT2D eigenvalue weighted by molar-refractivity contribution is 6.05. The van der Waals surface area contributed by atoms with Crippen molar-refractivity contribution in [3.8, 4) is 5.75 Å². The van der Waals surface area contributed by atoms with Crippen LogP contribution in [0.15, 0.2) is 47.3 Å². The standard InChI is InChI=1S/C23H26N4O4/c1-5-27-23(30)19-9-7-6-8-18(19)21(26-27)22(29)25-24-20(28)13-31-16-10-11-17(14(2)3)15(4)12-16/h6-12,14H,5,13H2,1-4H3,(H,24,28)(H,25,29). The number of amides is 2. The third-order valence-electron chi connectivity index (χ3n) is 4.93. The van der Waals surface area contributed by atoms with Crippen LogP contribution in [-0.2, 0) is 11.3 Å². The van der Waals surface area contributed by atoms with Crippen LogP contribution in [-0.4, -0.2) is 28.2 Å². The summed E-state index contributed by atoms with van der Waals surface area (Å²) in [5, 5.41) is 4.94. The first-order chi connectivity index (χ1) is 14.8. The molecular weight excluding hydrogens is 396 g/mol. The Bertz CT molecular complexity index is 1180. The number of rotatable bonds is 6. The van der Waals surface area contributed by atoms with Crippen molar-refractivity contribution in [3.63, 3.8) is 0 Å². The summed E-state index contributed by atoms with van der Waals surface area (Å²) in [7, 11) is 0. The molecule has 2 amide bonds. The van der Waals surface area contributed by atoms with Crippen molar-refractivity contribution in [1.82, 2.24) is 20.6 Å². The van der Waals surface area contributed by atoms with E-state index < -0.39 is 11.8 Å². The molecule has 1 aromatic heterocycles. The lowest BCUT2D eigenvalue weighted by Gasteiger charge is -2.13. The van der Waals surface area contributed by atoms with Crippen molar-refractivity contribution >= 4 is 22.6 Å². The quantitative estimate of drug-likeness (QED) is 0.595. The maximum absolute atomic E-state index is 12.6. The second kappa shape index (κ2) is 9.42. The van der Waals surface area contributed by atoms with Crippen LogP contribution in [0.3, 0.4) is 0 Å². The lowest BCUT2D eigenvalue weighted by molar-refractivity contribution is -0.123. The van der Waals surface area contributed by atoms with Gasteiger partial charge in [0.25, 0.3) is 17.4 Å². The summed E-state index contributed by atoms with van der Waals surface area (Å²) in [5.41, 5.74) is 6.75. The van der Waals surface area contributed by atoms with Gasteiger partial charge in [0.2, 0.25) is 0 Å². The predicted octanol–water partition coefficient (Wildman–Crippen LogP) is 2.69. The summed E-state index contributed by atoms with van der Waals surface area (Å²) >= 11 is 0. The summed E-state index contributed by atoms with van der Waals surface area (Å²) in [6.07, 6.45) is 0. The number of carbonyl (C=O) groups excluding carboxylic acids is 2. The van der Waals surface area contributed by atoms with Crippen LogP contribution in [0.4, 0.5) is 0 Å². The monoisotopic (exact) mass is 422 g/mol. The Hall–Kier alpha value is -3.68. The number of nitrogens with zero attached hydrogens (tertiary/aromatic N) is 2. The maximum atomic E-state index is 12.6. The minimum atomic E-state index is -0.621. The molecule has 0 aliphatic rings. The highest BCUT2D eigenvalue weighted by atomic mass is 16.5. The lowest BCUT2D eigenvalue weighted by atomic mass is 9.98. The van der Waals surface area contributed by atoms with Crippen molar-refractivity contribution in [3.05, 3.63) is 69.6 Å². The molecule has 0 fully saturated rings. The summed E-state index contributed by atoms with van der Waals surface area (Å²) < 4.78 is 6.73. The van der Waals surface area contributed by atoms with Gasteiger partial charge in [-0.05, 0) is 49.1 Å². The molecule has 0 aliphatic heterocycles. The lowest BCUT2D eigenvalue weighted by Crippen LogP contribution is -2.44. The van der Waals surface area contributed by atoms with Crippen LogP contribution in [0.5, 0.6) is 5.75 Å². The van der Waals surface area contributed by atoms with Gasteiger partial charge in [0, 0.05) is 11.9 Å². The number of fused-ring (bicyclic) bond motifs is 1.